The van der Waals surface area contributed by atoms with Crippen LogP contribution in [0.2, 0.25) is 0 Å². The summed E-state index contributed by atoms with van der Waals surface area (Å²) in [5, 5.41) is 10.2. The molecule has 0 radical (unpaired) electrons. The molecule has 30 heavy (non-hydrogen) atoms. The van der Waals surface area contributed by atoms with Crippen molar-refractivity contribution in [1.29, 1.82) is 0 Å². The van der Waals surface area contributed by atoms with E-state index in [2.05, 4.69) is 25.8 Å². The average Bonchev–Trinajstić information content (AvgIpc) is 3.42. The molecule has 0 atom stereocenters. The third kappa shape index (κ3) is 3.98. The van der Waals surface area contributed by atoms with E-state index in [0.717, 1.165) is 32.4 Å². The topological polar surface area (TPSA) is 102 Å². The van der Waals surface area contributed by atoms with Gasteiger partial charge in [0.15, 0.2) is 0 Å². The molecule has 3 aromatic rings. The van der Waals surface area contributed by atoms with E-state index in [1.807, 2.05) is 24.3 Å². The number of aromatic nitrogens is 3. The van der Waals surface area contributed by atoms with E-state index in [1.54, 1.807) is 17.5 Å². The predicted octanol–water partition coefficient (Wildman–Crippen LogP) is 2.70. The van der Waals surface area contributed by atoms with Crippen molar-refractivity contribution in [2.75, 3.05) is 19.7 Å². The van der Waals surface area contributed by atoms with Gasteiger partial charge in [0, 0.05) is 17.5 Å². The fraction of sp³-hybridized carbons (Fsp3) is 0.400. The first-order valence-electron chi connectivity index (χ1n) is 9.74. The zero-order chi connectivity index (χ0) is 19.7. The molecule has 8 nitrogen and oxygen atoms in total. The van der Waals surface area contributed by atoms with Crippen LogP contribution in [-0.4, -0.2) is 40.7 Å². The van der Waals surface area contributed by atoms with Crippen LogP contribution in [0.25, 0.3) is 11.5 Å². The molecule has 1 spiro atoms. The Bertz CT molecular complexity index is 1020. The number of carbonyl (C=O) groups is 1. The highest BCUT2D eigenvalue weighted by Crippen LogP contribution is 2.43. The summed E-state index contributed by atoms with van der Waals surface area (Å²) in [5.41, 5.74) is 1.58. The highest BCUT2D eigenvalue weighted by molar-refractivity contribution is 7.14. The van der Waals surface area contributed by atoms with Gasteiger partial charge in [-0.1, -0.05) is 11.2 Å². The molecule has 2 aliphatic heterocycles. The number of hydrogen-bond acceptors (Lipinski definition) is 8. The average molecular weight is 448 g/mol. The van der Waals surface area contributed by atoms with Crippen LogP contribution in [0.4, 0.5) is 0 Å². The minimum atomic E-state index is -0.238. The van der Waals surface area contributed by atoms with Crippen LogP contribution in [-0.2, 0) is 23.3 Å². The van der Waals surface area contributed by atoms with E-state index in [0.29, 0.717) is 28.9 Å². The summed E-state index contributed by atoms with van der Waals surface area (Å²) in [6.45, 7) is 2.76. The van der Waals surface area contributed by atoms with Crippen molar-refractivity contribution in [2.24, 2.45) is 0 Å². The van der Waals surface area contributed by atoms with Crippen LogP contribution in [0.5, 0.6) is 0 Å². The molecule has 2 aliphatic rings. The molecule has 5 rings (SSSR count). The largest absolute Gasteiger partial charge is 0.370 e. The van der Waals surface area contributed by atoms with E-state index >= 15 is 0 Å². The number of pyridine rings is 1. The number of hydrogen-bond donors (Lipinski definition) is 2. The molecule has 1 saturated heterocycles. The first kappa shape index (κ1) is 20.9. The Morgan fingerprint density at radius 2 is 2.17 bits per heavy atom. The molecule has 0 unspecified atom stereocenters. The highest BCUT2D eigenvalue weighted by atomic mass is 35.5. The third-order valence-corrected chi connectivity index (χ3v) is 6.60. The maximum absolute atomic E-state index is 12.7. The zero-order valence-electron chi connectivity index (χ0n) is 16.2. The van der Waals surface area contributed by atoms with Crippen molar-refractivity contribution in [3.05, 3.63) is 51.7 Å². The van der Waals surface area contributed by atoms with Crippen LogP contribution < -0.4 is 10.6 Å². The normalized spacial score (nSPS) is 17.2. The van der Waals surface area contributed by atoms with Crippen molar-refractivity contribution in [2.45, 2.75) is 31.4 Å². The van der Waals surface area contributed by atoms with Gasteiger partial charge in [0.1, 0.15) is 5.69 Å². The van der Waals surface area contributed by atoms with Crippen molar-refractivity contribution in [3.63, 3.8) is 0 Å². The first-order chi connectivity index (χ1) is 14.2. The van der Waals surface area contributed by atoms with Crippen molar-refractivity contribution < 1.29 is 14.1 Å². The Morgan fingerprint density at radius 1 is 1.30 bits per heavy atom. The Morgan fingerprint density at radius 3 is 2.97 bits per heavy atom. The third-order valence-electron chi connectivity index (χ3n) is 5.40. The van der Waals surface area contributed by atoms with Gasteiger partial charge in [0.2, 0.25) is 11.7 Å². The lowest BCUT2D eigenvalue weighted by Crippen LogP contribution is -2.44. The van der Waals surface area contributed by atoms with Gasteiger partial charge in [-0.3, -0.25) is 9.78 Å². The van der Waals surface area contributed by atoms with Gasteiger partial charge in [-0.05, 0) is 49.7 Å². The van der Waals surface area contributed by atoms with Crippen LogP contribution in [0, 0.1) is 0 Å². The van der Waals surface area contributed by atoms with Gasteiger partial charge in [-0.2, -0.15) is 4.98 Å². The molecule has 1 fully saturated rings. The van der Waals surface area contributed by atoms with Crippen LogP contribution in [0.15, 0.2) is 35.0 Å². The number of halogens is 1. The lowest BCUT2D eigenvalue weighted by atomic mass is 9.83. The van der Waals surface area contributed by atoms with E-state index in [4.69, 9.17) is 9.26 Å². The van der Waals surface area contributed by atoms with Crippen LogP contribution in [0.3, 0.4) is 0 Å². The standard InChI is InChI=1S/C20H21N5O3S.ClH/c26-19(23-12-17-24-18(25-28-17)14-3-1-2-7-22-14)16-11-13-15(29-16)4-10-27-20(13)5-8-21-9-6-20;/h1-3,7,11,21H,4-6,8-10,12H2,(H,23,26);1H. The number of amides is 1. The lowest BCUT2D eigenvalue weighted by Gasteiger charge is -2.40. The minimum absolute atomic E-state index is 0. The highest BCUT2D eigenvalue weighted by Gasteiger charge is 2.40. The van der Waals surface area contributed by atoms with Gasteiger partial charge in [0.25, 0.3) is 5.91 Å². The second-order valence-corrected chi connectivity index (χ2v) is 8.34. The number of piperidine rings is 1. The molecule has 0 bridgehead atoms. The molecule has 3 aromatic heterocycles. The van der Waals surface area contributed by atoms with Crippen molar-refractivity contribution in [3.8, 4) is 11.5 Å². The molecule has 0 aliphatic carbocycles. The number of ether oxygens (including phenoxy) is 1. The maximum atomic E-state index is 12.7. The fourth-order valence-electron chi connectivity index (χ4n) is 3.94. The second kappa shape index (κ2) is 8.81. The number of thiophene rings is 1. The molecule has 1 amide bonds. The molecule has 10 heteroatoms. The quantitative estimate of drug-likeness (QED) is 0.633. The Balaban J connectivity index is 0.00000218. The Hall–Kier alpha value is -2.33. The second-order valence-electron chi connectivity index (χ2n) is 7.20. The molecule has 2 N–H and O–H groups in total. The number of carbonyl (C=O) groups excluding carboxylic acids is 1. The first-order valence-corrected chi connectivity index (χ1v) is 10.6. The summed E-state index contributed by atoms with van der Waals surface area (Å²) in [6, 6.07) is 7.50. The molecule has 5 heterocycles. The van der Waals surface area contributed by atoms with E-state index in [-0.39, 0.29) is 30.5 Å². The molecule has 0 aromatic carbocycles. The van der Waals surface area contributed by atoms with Gasteiger partial charge < -0.3 is 19.9 Å². The summed E-state index contributed by atoms with van der Waals surface area (Å²) in [5.74, 6) is 0.621. The van der Waals surface area contributed by atoms with E-state index < -0.39 is 0 Å². The SMILES string of the molecule is Cl.O=C(NCc1nc(-c2ccccn2)no1)c1cc2c(s1)CCOC21CCNCC1. The molecular weight excluding hydrogens is 426 g/mol. The summed E-state index contributed by atoms with van der Waals surface area (Å²) < 4.78 is 11.4. The van der Waals surface area contributed by atoms with Gasteiger partial charge in [-0.15, -0.1) is 23.7 Å². The van der Waals surface area contributed by atoms with Gasteiger partial charge in [-0.25, -0.2) is 0 Å². The lowest BCUT2D eigenvalue weighted by molar-refractivity contribution is -0.0792. The van der Waals surface area contributed by atoms with E-state index in [9.17, 15) is 4.79 Å². The molecular formula is C20H22ClN5O3S. The monoisotopic (exact) mass is 447 g/mol. The number of rotatable bonds is 4. The summed E-state index contributed by atoms with van der Waals surface area (Å²) in [7, 11) is 0. The molecule has 158 valence electrons. The van der Waals surface area contributed by atoms with Gasteiger partial charge >= 0.3 is 0 Å². The summed E-state index contributed by atoms with van der Waals surface area (Å²) in [6.07, 6.45) is 4.41. The zero-order valence-corrected chi connectivity index (χ0v) is 17.9. The number of nitrogens with one attached hydrogen (secondary N) is 2. The predicted molar refractivity (Wildman–Crippen MR) is 114 cm³/mol. The summed E-state index contributed by atoms with van der Waals surface area (Å²) in [4.78, 5) is 23.2. The fourth-order valence-corrected chi connectivity index (χ4v) is 5.09. The van der Waals surface area contributed by atoms with E-state index in [1.165, 1.54) is 10.4 Å². The van der Waals surface area contributed by atoms with Crippen LogP contribution in [0.1, 0.15) is 38.8 Å². The molecule has 0 saturated carbocycles. The van der Waals surface area contributed by atoms with Crippen molar-refractivity contribution >= 4 is 29.7 Å². The number of nitrogens with zero attached hydrogens (tertiary/aromatic N) is 3. The minimum Gasteiger partial charge on any atom is -0.370 e. The van der Waals surface area contributed by atoms with Gasteiger partial charge in [0.05, 0.1) is 23.6 Å². The smallest absolute Gasteiger partial charge is 0.261 e. The number of fused-ring (bicyclic) bond motifs is 2. The van der Waals surface area contributed by atoms with Crippen LogP contribution >= 0.6 is 23.7 Å². The summed E-state index contributed by atoms with van der Waals surface area (Å²) >= 11 is 1.56. The van der Waals surface area contributed by atoms with Crippen molar-refractivity contribution in [1.82, 2.24) is 25.8 Å². The Labute approximate surface area is 183 Å². The Kier molecular flexibility index (Phi) is 6.14. The maximum Gasteiger partial charge on any atom is 0.261 e.